The molecule has 2 amide bonds. The predicted octanol–water partition coefficient (Wildman–Crippen LogP) is -0.0598. The SMILES string of the molecule is CN(C)C(=O)CN(CC(F)(F)F)C(=O)CC(=O)O. The van der Waals surface area contributed by atoms with E-state index in [-0.39, 0.29) is 4.90 Å². The highest BCUT2D eigenvalue weighted by Gasteiger charge is 2.34. The van der Waals surface area contributed by atoms with Crippen LogP contribution in [0.15, 0.2) is 0 Å². The van der Waals surface area contributed by atoms with Gasteiger partial charge in [0.1, 0.15) is 19.5 Å². The van der Waals surface area contributed by atoms with Gasteiger partial charge >= 0.3 is 12.1 Å². The fraction of sp³-hybridized carbons (Fsp3) is 0.667. The Balaban J connectivity index is 4.77. The Morgan fingerprint density at radius 2 is 1.61 bits per heavy atom. The summed E-state index contributed by atoms with van der Waals surface area (Å²) in [7, 11) is 2.63. The summed E-state index contributed by atoms with van der Waals surface area (Å²) in [6.07, 6.45) is -5.78. The van der Waals surface area contributed by atoms with Crippen molar-refractivity contribution in [1.82, 2.24) is 9.80 Å². The monoisotopic (exact) mass is 270 g/mol. The summed E-state index contributed by atoms with van der Waals surface area (Å²) in [5, 5.41) is 8.35. The first-order valence-corrected chi connectivity index (χ1v) is 4.79. The molecule has 0 fully saturated rings. The number of hydrogen-bond acceptors (Lipinski definition) is 3. The molecule has 0 aromatic carbocycles. The molecule has 0 aliphatic heterocycles. The summed E-state index contributed by atoms with van der Waals surface area (Å²) in [5.41, 5.74) is 0. The van der Waals surface area contributed by atoms with E-state index < -0.39 is 43.5 Å². The van der Waals surface area contributed by atoms with E-state index in [0.29, 0.717) is 0 Å². The number of alkyl halides is 3. The fourth-order valence-electron chi connectivity index (χ4n) is 0.995. The van der Waals surface area contributed by atoms with Gasteiger partial charge in [-0.1, -0.05) is 0 Å². The van der Waals surface area contributed by atoms with Crippen molar-refractivity contribution in [2.75, 3.05) is 27.2 Å². The molecule has 0 spiro atoms. The van der Waals surface area contributed by atoms with E-state index in [9.17, 15) is 27.6 Å². The molecule has 0 saturated carbocycles. The number of amides is 2. The Hall–Kier alpha value is -1.80. The first-order valence-electron chi connectivity index (χ1n) is 4.79. The van der Waals surface area contributed by atoms with Crippen LogP contribution in [0.2, 0.25) is 0 Å². The third kappa shape index (κ3) is 6.71. The summed E-state index contributed by atoms with van der Waals surface area (Å²) in [5.74, 6) is -3.53. The predicted molar refractivity (Wildman–Crippen MR) is 53.6 cm³/mol. The molecule has 0 aliphatic rings. The summed E-state index contributed by atoms with van der Waals surface area (Å²) < 4.78 is 36.6. The summed E-state index contributed by atoms with van der Waals surface area (Å²) in [4.78, 5) is 34.0. The standard InChI is InChI=1S/C9H13F3N2O4/c1-13(2)7(16)4-14(5-9(10,11)12)6(15)3-8(17)18/h3-5H2,1-2H3,(H,17,18). The van der Waals surface area contributed by atoms with Crippen molar-refractivity contribution in [2.45, 2.75) is 12.6 Å². The molecule has 0 unspecified atom stereocenters. The minimum absolute atomic E-state index is 0.177. The van der Waals surface area contributed by atoms with E-state index in [1.807, 2.05) is 0 Å². The number of carboxylic acids is 1. The fourth-order valence-corrected chi connectivity index (χ4v) is 0.995. The van der Waals surface area contributed by atoms with Crippen molar-refractivity contribution in [1.29, 1.82) is 0 Å². The van der Waals surface area contributed by atoms with Crippen LogP contribution < -0.4 is 0 Å². The largest absolute Gasteiger partial charge is 0.481 e. The van der Waals surface area contributed by atoms with Gasteiger partial charge in [-0.15, -0.1) is 0 Å². The maximum atomic E-state index is 12.2. The van der Waals surface area contributed by atoms with Gasteiger partial charge < -0.3 is 14.9 Å². The van der Waals surface area contributed by atoms with Gasteiger partial charge in [0.15, 0.2) is 0 Å². The summed E-state index contributed by atoms with van der Waals surface area (Å²) in [6.45, 7) is -2.46. The van der Waals surface area contributed by atoms with Gasteiger partial charge in [0.2, 0.25) is 11.8 Å². The van der Waals surface area contributed by atoms with Crippen LogP contribution in [0.1, 0.15) is 6.42 Å². The lowest BCUT2D eigenvalue weighted by Crippen LogP contribution is -2.45. The highest BCUT2D eigenvalue weighted by Crippen LogP contribution is 2.17. The van der Waals surface area contributed by atoms with Crippen LogP contribution in [-0.2, 0) is 14.4 Å². The molecular formula is C9H13F3N2O4. The molecule has 0 atom stereocenters. The molecule has 0 aliphatic carbocycles. The lowest BCUT2D eigenvalue weighted by Gasteiger charge is -2.24. The molecule has 18 heavy (non-hydrogen) atoms. The second-order valence-electron chi connectivity index (χ2n) is 3.72. The molecule has 1 N–H and O–H groups in total. The molecule has 0 saturated heterocycles. The molecule has 9 heteroatoms. The van der Waals surface area contributed by atoms with E-state index in [2.05, 4.69) is 0 Å². The Bertz CT molecular complexity index is 341. The van der Waals surface area contributed by atoms with Gasteiger partial charge in [-0.2, -0.15) is 13.2 Å². The average molecular weight is 270 g/mol. The van der Waals surface area contributed by atoms with Crippen molar-refractivity contribution in [3.05, 3.63) is 0 Å². The zero-order chi connectivity index (χ0) is 14.5. The Morgan fingerprint density at radius 3 is 1.94 bits per heavy atom. The molecule has 0 heterocycles. The van der Waals surface area contributed by atoms with Crippen LogP contribution >= 0.6 is 0 Å². The van der Waals surface area contributed by atoms with Gasteiger partial charge in [0.25, 0.3) is 0 Å². The van der Waals surface area contributed by atoms with Crippen LogP contribution in [0.25, 0.3) is 0 Å². The van der Waals surface area contributed by atoms with Crippen molar-refractivity contribution < 1.29 is 32.7 Å². The van der Waals surface area contributed by atoms with Crippen LogP contribution in [-0.4, -0.2) is 66.1 Å². The number of aliphatic carboxylic acids is 1. The van der Waals surface area contributed by atoms with E-state index in [4.69, 9.17) is 5.11 Å². The number of likely N-dealkylation sites (N-methyl/N-ethyl adjacent to an activating group) is 1. The van der Waals surface area contributed by atoms with Crippen LogP contribution in [0, 0.1) is 0 Å². The van der Waals surface area contributed by atoms with E-state index in [1.165, 1.54) is 14.1 Å². The molecule has 0 radical (unpaired) electrons. The average Bonchev–Trinajstić information content (AvgIpc) is 2.12. The lowest BCUT2D eigenvalue weighted by molar-refractivity contribution is -0.166. The van der Waals surface area contributed by atoms with Crippen molar-refractivity contribution in [2.24, 2.45) is 0 Å². The lowest BCUT2D eigenvalue weighted by atomic mass is 10.3. The van der Waals surface area contributed by atoms with Gasteiger partial charge in [-0.25, -0.2) is 0 Å². The van der Waals surface area contributed by atoms with Crippen molar-refractivity contribution in [3.63, 3.8) is 0 Å². The van der Waals surface area contributed by atoms with Crippen molar-refractivity contribution in [3.8, 4) is 0 Å². The van der Waals surface area contributed by atoms with Gasteiger partial charge in [-0.3, -0.25) is 14.4 Å². The molecule has 0 bridgehead atoms. The summed E-state index contributed by atoms with van der Waals surface area (Å²) >= 11 is 0. The van der Waals surface area contributed by atoms with Gasteiger partial charge in [-0.05, 0) is 0 Å². The first-order chi connectivity index (χ1) is 8.03. The minimum atomic E-state index is -4.69. The molecular weight excluding hydrogens is 257 g/mol. The topological polar surface area (TPSA) is 77.9 Å². The van der Waals surface area contributed by atoms with E-state index >= 15 is 0 Å². The maximum Gasteiger partial charge on any atom is 0.406 e. The van der Waals surface area contributed by atoms with Gasteiger partial charge in [0, 0.05) is 14.1 Å². The van der Waals surface area contributed by atoms with Crippen LogP contribution in [0.5, 0.6) is 0 Å². The van der Waals surface area contributed by atoms with Crippen LogP contribution in [0.4, 0.5) is 13.2 Å². The highest BCUT2D eigenvalue weighted by molar-refractivity contribution is 5.95. The van der Waals surface area contributed by atoms with E-state index in [1.54, 1.807) is 0 Å². The third-order valence-corrected chi connectivity index (χ3v) is 1.85. The number of rotatable bonds is 5. The number of carbonyl (C=O) groups excluding carboxylic acids is 2. The zero-order valence-electron chi connectivity index (χ0n) is 9.82. The maximum absolute atomic E-state index is 12.2. The molecule has 0 rings (SSSR count). The normalized spacial score (nSPS) is 10.9. The Kier molecular flexibility index (Phi) is 5.60. The second kappa shape index (κ2) is 6.22. The molecule has 0 aromatic heterocycles. The second-order valence-corrected chi connectivity index (χ2v) is 3.72. The molecule has 0 aromatic rings. The number of carbonyl (C=O) groups is 3. The number of hydrogen-bond donors (Lipinski definition) is 1. The molecule has 104 valence electrons. The quantitative estimate of drug-likeness (QED) is 0.710. The number of nitrogens with zero attached hydrogens (tertiary/aromatic N) is 2. The Morgan fingerprint density at radius 1 is 1.11 bits per heavy atom. The third-order valence-electron chi connectivity index (χ3n) is 1.85. The smallest absolute Gasteiger partial charge is 0.406 e. The molecule has 6 nitrogen and oxygen atoms in total. The first kappa shape index (κ1) is 16.2. The van der Waals surface area contributed by atoms with Crippen LogP contribution in [0.3, 0.4) is 0 Å². The van der Waals surface area contributed by atoms with Crippen molar-refractivity contribution >= 4 is 17.8 Å². The Labute approximate surface area is 101 Å². The summed E-state index contributed by atoms with van der Waals surface area (Å²) in [6, 6.07) is 0. The number of halogens is 3. The van der Waals surface area contributed by atoms with E-state index in [0.717, 1.165) is 4.90 Å². The van der Waals surface area contributed by atoms with Gasteiger partial charge in [0.05, 0.1) is 0 Å². The zero-order valence-corrected chi connectivity index (χ0v) is 9.82. The number of carboxylic acid groups (broad SMARTS) is 1. The minimum Gasteiger partial charge on any atom is -0.481 e. The highest BCUT2D eigenvalue weighted by atomic mass is 19.4.